The minimum absolute atomic E-state index is 0.0141. The second kappa shape index (κ2) is 10.7. The molecule has 0 unspecified atom stereocenters. The molecule has 0 heterocycles. The van der Waals surface area contributed by atoms with Gasteiger partial charge < -0.3 is 20.4 Å². The molecule has 2 saturated carbocycles. The van der Waals surface area contributed by atoms with Crippen molar-refractivity contribution < 1.29 is 34.8 Å². The van der Waals surface area contributed by atoms with E-state index >= 15 is 0 Å². The molecule has 4 rings (SSSR count). The lowest BCUT2D eigenvalue weighted by molar-refractivity contribution is -0.149. The second-order valence-electron chi connectivity index (χ2n) is 15.3. The van der Waals surface area contributed by atoms with Gasteiger partial charge in [-0.3, -0.25) is 9.59 Å². The van der Waals surface area contributed by atoms with Gasteiger partial charge in [0.25, 0.3) is 0 Å². The summed E-state index contributed by atoms with van der Waals surface area (Å²) in [7, 11) is 0. The van der Waals surface area contributed by atoms with Gasteiger partial charge in [-0.15, -0.1) is 0 Å². The van der Waals surface area contributed by atoms with Crippen LogP contribution in [0.4, 0.5) is 0 Å². The number of aliphatic hydroxyl groups is 3. The van der Waals surface area contributed by atoms with E-state index in [4.69, 9.17) is 0 Å². The van der Waals surface area contributed by atoms with Gasteiger partial charge in [0.1, 0.15) is 5.78 Å². The van der Waals surface area contributed by atoms with E-state index in [1.54, 1.807) is 0 Å². The summed E-state index contributed by atoms with van der Waals surface area (Å²) < 4.78 is 0. The molecule has 4 aliphatic rings. The molecule has 10 atom stereocenters. The first-order chi connectivity index (χ1) is 18.8. The molecule has 41 heavy (non-hydrogen) atoms. The van der Waals surface area contributed by atoms with Crippen LogP contribution in [0, 0.1) is 45.3 Å². The molecule has 0 bridgehead atoms. The van der Waals surface area contributed by atoms with Crippen LogP contribution < -0.4 is 0 Å². The van der Waals surface area contributed by atoms with Gasteiger partial charge in [-0.05, 0) is 79.8 Å². The Labute approximate surface area is 245 Å². The molecule has 7 nitrogen and oxygen atoms in total. The van der Waals surface area contributed by atoms with Crippen molar-refractivity contribution in [3.05, 3.63) is 22.8 Å². The number of hydrogen-bond acceptors (Lipinski definition) is 6. The Morgan fingerprint density at radius 1 is 1.07 bits per heavy atom. The van der Waals surface area contributed by atoms with E-state index in [1.165, 1.54) is 13.0 Å². The van der Waals surface area contributed by atoms with Crippen LogP contribution in [-0.4, -0.2) is 56.3 Å². The van der Waals surface area contributed by atoms with Crippen molar-refractivity contribution in [3.63, 3.8) is 0 Å². The third kappa shape index (κ3) is 4.78. The number of hydrogen-bond donors (Lipinski definition) is 4. The minimum atomic E-state index is -1.08. The maximum absolute atomic E-state index is 14.3. The van der Waals surface area contributed by atoms with Crippen LogP contribution in [-0.2, 0) is 14.4 Å². The average Bonchev–Trinajstić information content (AvgIpc) is 3.07. The zero-order valence-corrected chi connectivity index (χ0v) is 26.3. The third-order valence-corrected chi connectivity index (χ3v) is 12.5. The lowest BCUT2D eigenvalue weighted by Crippen LogP contribution is -2.61. The van der Waals surface area contributed by atoms with Gasteiger partial charge in [0.2, 0.25) is 0 Å². The van der Waals surface area contributed by atoms with Crippen LogP contribution in [0.1, 0.15) is 107 Å². The zero-order valence-electron chi connectivity index (χ0n) is 26.3. The Kier molecular flexibility index (Phi) is 8.38. The molecule has 0 spiro atoms. The fourth-order valence-corrected chi connectivity index (χ4v) is 9.90. The highest BCUT2D eigenvalue weighted by Gasteiger charge is 2.70. The van der Waals surface area contributed by atoms with E-state index in [0.29, 0.717) is 49.2 Å². The number of carboxylic acids is 1. The molecule has 0 aliphatic heterocycles. The van der Waals surface area contributed by atoms with E-state index < -0.39 is 45.9 Å². The van der Waals surface area contributed by atoms with Crippen molar-refractivity contribution in [2.75, 3.05) is 0 Å². The summed E-state index contributed by atoms with van der Waals surface area (Å²) in [5.74, 6) is -0.745. The summed E-state index contributed by atoms with van der Waals surface area (Å²) in [6.45, 7) is 16.0. The molecule has 7 heteroatoms. The Balaban J connectivity index is 1.76. The van der Waals surface area contributed by atoms with Crippen molar-refractivity contribution in [1.29, 1.82) is 0 Å². The van der Waals surface area contributed by atoms with E-state index in [0.717, 1.165) is 12.8 Å². The zero-order chi connectivity index (χ0) is 30.9. The van der Waals surface area contributed by atoms with Crippen LogP contribution >= 0.6 is 0 Å². The molecule has 4 aliphatic carbocycles. The topological polar surface area (TPSA) is 132 Å². The SMILES string of the molecule is C/C(=C\[C@@H](O)C[C@@H](C)[C@H]1C[C@H](O)[C@@]2(C)C3=C(C(=O)C[C@]12C)[C@@]1(C)CCC(=O)[C@@](C)(CCC(C)C)[C@H]1C[C@H]3O)C(=O)O. The highest BCUT2D eigenvalue weighted by molar-refractivity contribution is 6.01. The van der Waals surface area contributed by atoms with E-state index in [9.17, 15) is 34.8 Å². The number of aliphatic carboxylic acids is 1. The number of carboxylic acid groups (broad SMARTS) is 1. The quantitative estimate of drug-likeness (QED) is 0.292. The molecule has 230 valence electrons. The number of Topliss-reactive ketones (excluding diaryl/α,β-unsaturated/α-hetero) is 2. The van der Waals surface area contributed by atoms with Crippen LogP contribution in [0.2, 0.25) is 0 Å². The van der Waals surface area contributed by atoms with Crippen molar-refractivity contribution in [2.24, 2.45) is 45.3 Å². The van der Waals surface area contributed by atoms with Crippen LogP contribution in [0.5, 0.6) is 0 Å². The number of carbonyl (C=O) groups is 3. The minimum Gasteiger partial charge on any atom is -0.478 e. The average molecular weight is 573 g/mol. The van der Waals surface area contributed by atoms with E-state index in [-0.39, 0.29) is 41.3 Å². The molecule has 0 amide bonds. The molecule has 2 fully saturated rings. The molecule has 0 aromatic carbocycles. The predicted octanol–water partition coefficient (Wildman–Crippen LogP) is 5.26. The lowest BCUT2D eigenvalue weighted by Gasteiger charge is -2.61. The molecule has 0 radical (unpaired) electrons. The number of allylic oxidation sites excluding steroid dienone is 1. The van der Waals surface area contributed by atoms with Crippen molar-refractivity contribution in [1.82, 2.24) is 0 Å². The highest BCUT2D eigenvalue weighted by atomic mass is 16.4. The fourth-order valence-electron chi connectivity index (χ4n) is 9.90. The molecule has 0 aromatic rings. The Morgan fingerprint density at radius 3 is 2.29 bits per heavy atom. The van der Waals surface area contributed by atoms with Gasteiger partial charge in [0, 0.05) is 40.2 Å². The smallest absolute Gasteiger partial charge is 0.331 e. The summed E-state index contributed by atoms with van der Waals surface area (Å²) >= 11 is 0. The first kappa shape index (κ1) is 32.1. The van der Waals surface area contributed by atoms with Crippen LogP contribution in [0.25, 0.3) is 0 Å². The van der Waals surface area contributed by atoms with Gasteiger partial charge in [-0.2, -0.15) is 0 Å². The summed E-state index contributed by atoms with van der Waals surface area (Å²) in [6.07, 6.45) is 2.73. The van der Waals surface area contributed by atoms with Crippen LogP contribution in [0.3, 0.4) is 0 Å². The molecular weight excluding hydrogens is 520 g/mol. The number of aliphatic hydroxyl groups excluding tert-OH is 3. The molecule has 4 N–H and O–H groups in total. The molecular formula is C34H52O7. The van der Waals surface area contributed by atoms with E-state index in [2.05, 4.69) is 27.7 Å². The maximum atomic E-state index is 14.3. The Bertz CT molecular complexity index is 1170. The third-order valence-electron chi connectivity index (χ3n) is 12.5. The first-order valence-electron chi connectivity index (χ1n) is 15.6. The van der Waals surface area contributed by atoms with Gasteiger partial charge >= 0.3 is 5.97 Å². The van der Waals surface area contributed by atoms with Crippen molar-refractivity contribution >= 4 is 17.5 Å². The highest BCUT2D eigenvalue weighted by Crippen LogP contribution is 2.71. The van der Waals surface area contributed by atoms with Gasteiger partial charge in [-0.25, -0.2) is 4.79 Å². The lowest BCUT2D eigenvalue weighted by atomic mass is 9.42. The second-order valence-corrected chi connectivity index (χ2v) is 15.3. The van der Waals surface area contributed by atoms with Gasteiger partial charge in [-0.1, -0.05) is 54.9 Å². The van der Waals surface area contributed by atoms with E-state index in [1.807, 2.05) is 20.8 Å². The fraction of sp³-hybridized carbons (Fsp3) is 0.794. The predicted molar refractivity (Wildman–Crippen MR) is 157 cm³/mol. The first-order valence-corrected chi connectivity index (χ1v) is 15.6. The number of carbonyl (C=O) groups excluding carboxylic acids is 2. The van der Waals surface area contributed by atoms with Crippen LogP contribution in [0.15, 0.2) is 22.8 Å². The van der Waals surface area contributed by atoms with Gasteiger partial charge in [0.05, 0.1) is 18.3 Å². The number of rotatable bonds is 8. The monoisotopic (exact) mass is 572 g/mol. The summed E-state index contributed by atoms with van der Waals surface area (Å²) in [5, 5.41) is 43.5. The Morgan fingerprint density at radius 2 is 1.71 bits per heavy atom. The summed E-state index contributed by atoms with van der Waals surface area (Å²) in [5.41, 5.74) is -1.22. The molecule has 0 saturated heterocycles. The number of ketones is 2. The standard InChI is InChI=1S/C34H52O7/c1-18(2)9-11-31(5)25-16-23(36)29-28(32(25,6)12-10-26(31)38)24(37)17-33(7)22(15-27(39)34(29,33)8)19(3)13-21(35)14-20(4)30(40)41/h14,18-19,21-23,25,27,35-36,39H,9-13,15-17H2,1-8H3,(H,40,41)/b20-14+/t19-,21+,22-,23-,25-,27+,31+,32+,33-,34+/m1/s1. The number of fused-ring (bicyclic) bond motifs is 4. The van der Waals surface area contributed by atoms with Crippen molar-refractivity contribution in [3.8, 4) is 0 Å². The van der Waals surface area contributed by atoms with Crippen molar-refractivity contribution in [2.45, 2.75) is 125 Å². The summed E-state index contributed by atoms with van der Waals surface area (Å²) in [6, 6.07) is 0. The largest absolute Gasteiger partial charge is 0.478 e. The summed E-state index contributed by atoms with van der Waals surface area (Å²) in [4.78, 5) is 39.0. The maximum Gasteiger partial charge on any atom is 0.331 e. The molecule has 0 aromatic heterocycles. The normalized spacial score (nSPS) is 42.6. The van der Waals surface area contributed by atoms with Gasteiger partial charge in [0.15, 0.2) is 5.78 Å². The Hall–Kier alpha value is -1.83.